The maximum absolute atomic E-state index is 14.4. The fourth-order valence-electron chi connectivity index (χ4n) is 3.72. The highest BCUT2D eigenvalue weighted by Crippen LogP contribution is 2.33. The van der Waals surface area contributed by atoms with Crippen molar-refractivity contribution in [2.45, 2.75) is 53.2 Å². The highest BCUT2D eigenvalue weighted by Gasteiger charge is 2.52. The van der Waals surface area contributed by atoms with Crippen LogP contribution in [0.25, 0.3) is 0 Å². The van der Waals surface area contributed by atoms with E-state index in [2.05, 4.69) is 10.3 Å². The Kier molecular flexibility index (Phi) is 4.91. The van der Waals surface area contributed by atoms with Crippen molar-refractivity contribution in [1.82, 2.24) is 19.8 Å². The lowest BCUT2D eigenvalue weighted by atomic mass is 10.0. The minimum absolute atomic E-state index is 0.00655. The van der Waals surface area contributed by atoms with Crippen molar-refractivity contribution in [1.29, 1.82) is 0 Å². The Morgan fingerprint density at radius 2 is 1.87 bits per heavy atom. The van der Waals surface area contributed by atoms with Crippen molar-refractivity contribution >= 4 is 17.6 Å². The van der Waals surface area contributed by atoms with Crippen LogP contribution < -0.4 is 4.90 Å². The average molecular weight is 425 g/mol. The first-order chi connectivity index (χ1) is 14.6. The highest BCUT2D eigenvalue weighted by atomic mass is 19.1. The minimum Gasteiger partial charge on any atom is -0.361 e. The number of anilines is 1. The first-order valence-electron chi connectivity index (χ1n) is 9.95. The number of carbonyl (C=O) groups excluding carboxylic acids is 2. The number of rotatable bonds is 5. The summed E-state index contributed by atoms with van der Waals surface area (Å²) in [6.07, 6.45) is 3.10. The zero-order chi connectivity index (χ0) is 22.5. The standard InChI is InChI=1S/C22H24FN5O3/c1-13-6-7-16(19(23)8-13)10-27-21(30)28(20(29)22(27,4)5)17-9-24-26(11-17)12-18-14(2)25-31-15(18)3/h6-9,11H,10,12H2,1-5H3. The lowest BCUT2D eigenvalue weighted by Gasteiger charge is -2.27. The Morgan fingerprint density at radius 1 is 1.13 bits per heavy atom. The van der Waals surface area contributed by atoms with Crippen molar-refractivity contribution in [2.24, 2.45) is 0 Å². The molecule has 0 aliphatic carbocycles. The van der Waals surface area contributed by atoms with Crippen molar-refractivity contribution in [3.05, 3.63) is 64.6 Å². The van der Waals surface area contributed by atoms with Gasteiger partial charge in [-0.2, -0.15) is 5.10 Å². The Bertz CT molecular complexity index is 1160. The summed E-state index contributed by atoms with van der Waals surface area (Å²) >= 11 is 0. The molecule has 31 heavy (non-hydrogen) atoms. The van der Waals surface area contributed by atoms with E-state index >= 15 is 0 Å². The molecule has 1 saturated heterocycles. The van der Waals surface area contributed by atoms with Crippen LogP contribution in [0.5, 0.6) is 0 Å². The molecular weight excluding hydrogens is 401 g/mol. The molecule has 9 heteroatoms. The van der Waals surface area contributed by atoms with Crippen LogP contribution in [-0.2, 0) is 17.9 Å². The summed E-state index contributed by atoms with van der Waals surface area (Å²) in [6, 6.07) is 4.33. The number of halogens is 1. The predicted molar refractivity (Wildman–Crippen MR) is 111 cm³/mol. The molecule has 1 fully saturated rings. The van der Waals surface area contributed by atoms with Gasteiger partial charge in [-0.05, 0) is 46.2 Å². The van der Waals surface area contributed by atoms with Crippen LogP contribution in [0.2, 0.25) is 0 Å². The molecule has 2 aromatic heterocycles. The molecule has 3 amide bonds. The molecular formula is C22H24FN5O3. The Balaban J connectivity index is 1.60. The number of imide groups is 1. The lowest BCUT2D eigenvalue weighted by Crippen LogP contribution is -2.43. The molecule has 1 aromatic carbocycles. The Morgan fingerprint density at radius 3 is 2.52 bits per heavy atom. The van der Waals surface area contributed by atoms with E-state index in [0.29, 0.717) is 23.6 Å². The quantitative estimate of drug-likeness (QED) is 0.582. The first kappa shape index (κ1) is 20.8. The summed E-state index contributed by atoms with van der Waals surface area (Å²) in [5.41, 5.74) is 2.04. The molecule has 162 valence electrons. The summed E-state index contributed by atoms with van der Waals surface area (Å²) in [4.78, 5) is 28.8. The van der Waals surface area contributed by atoms with Crippen LogP contribution in [0.4, 0.5) is 14.9 Å². The van der Waals surface area contributed by atoms with Crippen LogP contribution in [0.1, 0.15) is 42.0 Å². The summed E-state index contributed by atoms with van der Waals surface area (Å²) in [5, 5.41) is 8.22. The van der Waals surface area contributed by atoms with Gasteiger partial charge < -0.3 is 9.42 Å². The largest absolute Gasteiger partial charge is 0.361 e. The van der Waals surface area contributed by atoms with Crippen LogP contribution in [0.3, 0.4) is 0 Å². The van der Waals surface area contributed by atoms with Gasteiger partial charge in [0.25, 0.3) is 5.91 Å². The highest BCUT2D eigenvalue weighted by molar-refractivity contribution is 6.22. The van der Waals surface area contributed by atoms with Crippen molar-refractivity contribution in [3.8, 4) is 0 Å². The second-order valence-corrected chi connectivity index (χ2v) is 8.36. The van der Waals surface area contributed by atoms with Gasteiger partial charge in [0.2, 0.25) is 0 Å². The SMILES string of the molecule is Cc1ccc(CN2C(=O)N(c3cnn(Cc4c(C)noc4C)c3)C(=O)C2(C)C)c(F)c1. The minimum atomic E-state index is -1.13. The lowest BCUT2D eigenvalue weighted by molar-refractivity contribution is -0.123. The zero-order valence-corrected chi connectivity index (χ0v) is 18.1. The molecule has 0 radical (unpaired) electrons. The molecule has 8 nitrogen and oxygen atoms in total. The monoisotopic (exact) mass is 425 g/mol. The number of aromatic nitrogens is 3. The number of urea groups is 1. The Labute approximate surface area is 179 Å². The van der Waals surface area contributed by atoms with E-state index in [9.17, 15) is 14.0 Å². The molecule has 3 heterocycles. The molecule has 0 N–H and O–H groups in total. The van der Waals surface area contributed by atoms with Gasteiger partial charge in [0, 0.05) is 17.3 Å². The number of nitrogens with zero attached hydrogens (tertiary/aromatic N) is 5. The zero-order valence-electron chi connectivity index (χ0n) is 18.1. The molecule has 1 aliphatic heterocycles. The van der Waals surface area contributed by atoms with E-state index in [-0.39, 0.29) is 12.5 Å². The summed E-state index contributed by atoms with van der Waals surface area (Å²) in [6.45, 7) is 9.17. The van der Waals surface area contributed by atoms with Gasteiger partial charge in [0.05, 0.1) is 30.7 Å². The second kappa shape index (κ2) is 7.33. The predicted octanol–water partition coefficient (Wildman–Crippen LogP) is 3.73. The summed E-state index contributed by atoms with van der Waals surface area (Å²) in [7, 11) is 0. The average Bonchev–Trinajstić information content (AvgIpc) is 3.33. The van der Waals surface area contributed by atoms with E-state index < -0.39 is 17.4 Å². The molecule has 0 unspecified atom stereocenters. The third kappa shape index (κ3) is 3.49. The van der Waals surface area contributed by atoms with E-state index in [0.717, 1.165) is 21.7 Å². The topological polar surface area (TPSA) is 84.5 Å². The smallest absolute Gasteiger partial charge is 0.332 e. The third-order valence-electron chi connectivity index (χ3n) is 5.74. The number of carbonyl (C=O) groups is 2. The Hall–Kier alpha value is -3.49. The van der Waals surface area contributed by atoms with Crippen molar-refractivity contribution in [3.63, 3.8) is 0 Å². The second-order valence-electron chi connectivity index (χ2n) is 8.36. The van der Waals surface area contributed by atoms with E-state index in [1.165, 1.54) is 17.2 Å². The van der Waals surface area contributed by atoms with Gasteiger partial charge >= 0.3 is 6.03 Å². The van der Waals surface area contributed by atoms with Crippen LogP contribution >= 0.6 is 0 Å². The fourth-order valence-corrected chi connectivity index (χ4v) is 3.72. The first-order valence-corrected chi connectivity index (χ1v) is 9.95. The van der Waals surface area contributed by atoms with Gasteiger partial charge in [-0.25, -0.2) is 14.1 Å². The third-order valence-corrected chi connectivity index (χ3v) is 5.74. The molecule has 3 aromatic rings. The van der Waals surface area contributed by atoms with E-state index in [1.807, 2.05) is 13.8 Å². The molecule has 0 atom stereocenters. The molecule has 0 spiro atoms. The molecule has 1 aliphatic rings. The van der Waals surface area contributed by atoms with Crippen LogP contribution in [-0.4, -0.2) is 37.3 Å². The molecule has 0 bridgehead atoms. The number of amides is 3. The normalized spacial score (nSPS) is 15.9. The summed E-state index contributed by atoms with van der Waals surface area (Å²) < 4.78 is 21.2. The van der Waals surface area contributed by atoms with E-state index in [1.54, 1.807) is 43.8 Å². The van der Waals surface area contributed by atoms with Gasteiger partial charge in [-0.15, -0.1) is 0 Å². The van der Waals surface area contributed by atoms with Gasteiger partial charge in [-0.1, -0.05) is 17.3 Å². The molecule has 4 rings (SSSR count). The van der Waals surface area contributed by atoms with E-state index in [4.69, 9.17) is 4.52 Å². The maximum atomic E-state index is 14.4. The number of hydrogen-bond acceptors (Lipinski definition) is 5. The number of benzene rings is 1. The molecule has 0 saturated carbocycles. The summed E-state index contributed by atoms with van der Waals surface area (Å²) in [5.74, 6) is -0.0982. The van der Waals surface area contributed by atoms with Gasteiger partial charge in [0.1, 0.15) is 17.1 Å². The number of aryl methyl sites for hydroxylation is 3. The van der Waals surface area contributed by atoms with Crippen LogP contribution in [0.15, 0.2) is 35.1 Å². The van der Waals surface area contributed by atoms with Crippen LogP contribution in [0, 0.1) is 26.6 Å². The maximum Gasteiger partial charge on any atom is 0.332 e. The fraction of sp³-hybridized carbons (Fsp3) is 0.364. The van der Waals surface area contributed by atoms with Gasteiger partial charge in [-0.3, -0.25) is 9.48 Å². The number of hydrogen-bond donors (Lipinski definition) is 0. The van der Waals surface area contributed by atoms with Crippen molar-refractivity contribution < 1.29 is 18.5 Å². The van der Waals surface area contributed by atoms with Gasteiger partial charge in [0.15, 0.2) is 0 Å². The van der Waals surface area contributed by atoms with Crippen molar-refractivity contribution in [2.75, 3.05) is 4.90 Å².